The molecule has 0 radical (unpaired) electrons. The third-order valence-corrected chi connectivity index (χ3v) is 4.98. The zero-order valence-corrected chi connectivity index (χ0v) is 14.7. The van der Waals surface area contributed by atoms with Gasteiger partial charge in [0.1, 0.15) is 5.65 Å². The van der Waals surface area contributed by atoms with E-state index in [0.29, 0.717) is 5.95 Å². The van der Waals surface area contributed by atoms with Gasteiger partial charge in [-0.1, -0.05) is 30.0 Å². The van der Waals surface area contributed by atoms with Crippen molar-refractivity contribution >= 4 is 45.2 Å². The lowest BCUT2D eigenvalue weighted by molar-refractivity contribution is 0.977. The topological polar surface area (TPSA) is 82.0 Å². The maximum Gasteiger partial charge on any atom is 0.206 e. The van der Waals surface area contributed by atoms with Crippen LogP contribution in [0.25, 0.3) is 38.7 Å². The maximum absolute atomic E-state index is 6.19. The number of para-hydroxylation sites is 1. The molecule has 2 N–H and O–H groups in total. The van der Waals surface area contributed by atoms with Crippen LogP contribution in [0.1, 0.15) is 0 Å². The Kier molecular flexibility index (Phi) is 3.29. The van der Waals surface area contributed by atoms with E-state index >= 15 is 0 Å². The summed E-state index contributed by atoms with van der Waals surface area (Å²) in [4.78, 5) is 18.1. The fraction of sp³-hybridized carbons (Fsp3) is 0.0526. The number of rotatable bonds is 2. The summed E-state index contributed by atoms with van der Waals surface area (Å²) in [6.45, 7) is 0. The molecule has 0 saturated heterocycles. The second kappa shape index (κ2) is 5.67. The number of pyridine rings is 1. The lowest BCUT2D eigenvalue weighted by Gasteiger charge is -2.03. The molecule has 0 atom stereocenters. The van der Waals surface area contributed by atoms with Crippen LogP contribution < -0.4 is 5.73 Å². The first-order valence-corrected chi connectivity index (χ1v) is 9.30. The van der Waals surface area contributed by atoms with Gasteiger partial charge < -0.3 is 5.73 Å². The largest absolute Gasteiger partial charge is 0.369 e. The van der Waals surface area contributed by atoms with Crippen molar-refractivity contribution in [2.45, 2.75) is 5.16 Å². The van der Waals surface area contributed by atoms with E-state index in [0.717, 1.165) is 43.9 Å². The summed E-state index contributed by atoms with van der Waals surface area (Å²) in [5.41, 5.74) is 10.7. The molecular weight excluding hydrogens is 344 g/mol. The number of nitrogen functional groups attached to an aromatic ring is 1. The molecule has 0 spiro atoms. The minimum absolute atomic E-state index is 0.403. The van der Waals surface area contributed by atoms with Gasteiger partial charge in [0.05, 0.1) is 16.7 Å². The summed E-state index contributed by atoms with van der Waals surface area (Å²) in [5, 5.41) is 2.79. The zero-order valence-electron chi connectivity index (χ0n) is 13.9. The quantitative estimate of drug-likeness (QED) is 0.382. The molecule has 0 unspecified atom stereocenters. The van der Waals surface area contributed by atoms with Crippen molar-refractivity contribution in [1.82, 2.24) is 24.3 Å². The maximum atomic E-state index is 6.19. The Labute approximate surface area is 153 Å². The van der Waals surface area contributed by atoms with E-state index in [2.05, 4.69) is 22.1 Å². The van der Waals surface area contributed by atoms with Crippen LogP contribution in [0.4, 0.5) is 5.95 Å². The molecule has 5 aromatic rings. The van der Waals surface area contributed by atoms with Gasteiger partial charge in [-0.05, 0) is 30.5 Å². The molecule has 0 amide bonds. The summed E-state index contributed by atoms with van der Waals surface area (Å²) in [6.07, 6.45) is 5.46. The Morgan fingerprint density at radius 3 is 2.73 bits per heavy atom. The van der Waals surface area contributed by atoms with Crippen LogP contribution in [-0.4, -0.2) is 30.6 Å². The van der Waals surface area contributed by atoms with Crippen molar-refractivity contribution in [2.24, 2.45) is 0 Å². The Balaban J connectivity index is 1.99. The van der Waals surface area contributed by atoms with E-state index in [1.165, 1.54) is 11.8 Å². The number of benzene rings is 1. The number of fused-ring (bicyclic) bond motifs is 4. The standard InChI is InChI=1S/C19H14N6S/c1-26-19-22-8-6-14(24-19)16-12-10-11-4-2-3-5-13(11)23-17(12)25-15(16)7-9-21-18(25)20/h2-10H,1H3,(H2,20,21). The number of aromatic nitrogens is 5. The Bertz CT molecular complexity index is 1290. The lowest BCUT2D eigenvalue weighted by Crippen LogP contribution is -2.00. The van der Waals surface area contributed by atoms with Crippen LogP contribution in [-0.2, 0) is 0 Å². The van der Waals surface area contributed by atoms with Gasteiger partial charge in [-0.3, -0.25) is 4.40 Å². The molecule has 126 valence electrons. The third-order valence-electron chi connectivity index (χ3n) is 4.42. The van der Waals surface area contributed by atoms with Crippen LogP contribution in [0, 0.1) is 0 Å². The van der Waals surface area contributed by atoms with Crippen LogP contribution in [0.3, 0.4) is 0 Å². The summed E-state index contributed by atoms with van der Waals surface area (Å²) < 4.78 is 1.89. The fourth-order valence-electron chi connectivity index (χ4n) is 3.30. The average molecular weight is 358 g/mol. The van der Waals surface area contributed by atoms with E-state index in [4.69, 9.17) is 15.7 Å². The smallest absolute Gasteiger partial charge is 0.206 e. The highest BCUT2D eigenvalue weighted by Crippen LogP contribution is 2.36. The number of hydrogen-bond acceptors (Lipinski definition) is 6. The molecule has 0 aliphatic heterocycles. The summed E-state index contributed by atoms with van der Waals surface area (Å²) in [6, 6.07) is 14.0. The lowest BCUT2D eigenvalue weighted by atomic mass is 10.1. The fourth-order valence-corrected chi connectivity index (χ4v) is 3.66. The van der Waals surface area contributed by atoms with Crippen molar-refractivity contribution in [2.75, 3.05) is 12.0 Å². The molecule has 4 heterocycles. The van der Waals surface area contributed by atoms with Crippen LogP contribution in [0.2, 0.25) is 0 Å². The third kappa shape index (κ3) is 2.14. The van der Waals surface area contributed by atoms with Crippen LogP contribution >= 0.6 is 11.8 Å². The van der Waals surface area contributed by atoms with E-state index in [1.54, 1.807) is 12.4 Å². The van der Waals surface area contributed by atoms with Gasteiger partial charge in [0.15, 0.2) is 5.16 Å². The molecule has 26 heavy (non-hydrogen) atoms. The number of nitrogens with zero attached hydrogens (tertiary/aromatic N) is 5. The Morgan fingerprint density at radius 2 is 1.85 bits per heavy atom. The molecule has 0 fully saturated rings. The predicted molar refractivity (Wildman–Crippen MR) is 105 cm³/mol. The SMILES string of the molecule is CSc1nccc(-c2c3cc4ccccc4nc3n3c(N)nccc23)n1. The molecule has 0 aliphatic carbocycles. The molecule has 5 rings (SSSR count). The summed E-state index contributed by atoms with van der Waals surface area (Å²) >= 11 is 1.52. The predicted octanol–water partition coefficient (Wildman–Crippen LogP) is 3.80. The van der Waals surface area contributed by atoms with Gasteiger partial charge in [0.25, 0.3) is 0 Å². The van der Waals surface area contributed by atoms with E-state index in [1.807, 2.05) is 41.0 Å². The van der Waals surface area contributed by atoms with E-state index in [9.17, 15) is 0 Å². The second-order valence-corrected chi connectivity index (χ2v) is 6.65. The van der Waals surface area contributed by atoms with Gasteiger partial charge in [-0.15, -0.1) is 0 Å². The van der Waals surface area contributed by atoms with Crippen molar-refractivity contribution in [3.8, 4) is 11.3 Å². The second-order valence-electron chi connectivity index (χ2n) is 5.88. The number of hydrogen-bond donors (Lipinski definition) is 1. The molecule has 4 aromatic heterocycles. The minimum Gasteiger partial charge on any atom is -0.369 e. The number of anilines is 1. The first kappa shape index (κ1) is 15.1. The molecule has 7 heteroatoms. The minimum atomic E-state index is 0.403. The number of thioether (sulfide) groups is 1. The molecule has 0 aliphatic rings. The summed E-state index contributed by atoms with van der Waals surface area (Å²) in [5.74, 6) is 0.403. The van der Waals surface area contributed by atoms with E-state index < -0.39 is 0 Å². The van der Waals surface area contributed by atoms with Crippen molar-refractivity contribution in [3.63, 3.8) is 0 Å². The van der Waals surface area contributed by atoms with Gasteiger partial charge in [-0.25, -0.2) is 19.9 Å². The van der Waals surface area contributed by atoms with Gasteiger partial charge in [0, 0.05) is 28.7 Å². The van der Waals surface area contributed by atoms with Gasteiger partial charge >= 0.3 is 0 Å². The first-order chi connectivity index (χ1) is 12.8. The molecule has 0 saturated carbocycles. The van der Waals surface area contributed by atoms with Crippen molar-refractivity contribution < 1.29 is 0 Å². The molecule has 0 bridgehead atoms. The normalized spacial score (nSPS) is 11.6. The molecular formula is C19H14N6S. The van der Waals surface area contributed by atoms with Crippen molar-refractivity contribution in [3.05, 3.63) is 54.9 Å². The highest BCUT2D eigenvalue weighted by atomic mass is 32.2. The molecule has 1 aromatic carbocycles. The van der Waals surface area contributed by atoms with Crippen LogP contribution in [0.15, 0.2) is 60.0 Å². The van der Waals surface area contributed by atoms with Crippen LogP contribution in [0.5, 0.6) is 0 Å². The van der Waals surface area contributed by atoms with E-state index in [-0.39, 0.29) is 0 Å². The van der Waals surface area contributed by atoms with Gasteiger partial charge in [0.2, 0.25) is 5.95 Å². The Hall–Kier alpha value is -3.19. The van der Waals surface area contributed by atoms with Gasteiger partial charge in [-0.2, -0.15) is 0 Å². The highest BCUT2D eigenvalue weighted by molar-refractivity contribution is 7.98. The summed E-state index contributed by atoms with van der Waals surface area (Å²) in [7, 11) is 0. The number of nitrogens with two attached hydrogens (primary N) is 1. The molecule has 6 nitrogen and oxygen atoms in total. The first-order valence-electron chi connectivity index (χ1n) is 8.08. The Morgan fingerprint density at radius 1 is 1.00 bits per heavy atom. The van der Waals surface area contributed by atoms with Crippen molar-refractivity contribution in [1.29, 1.82) is 0 Å². The zero-order chi connectivity index (χ0) is 17.7. The highest BCUT2D eigenvalue weighted by Gasteiger charge is 2.18. The monoisotopic (exact) mass is 358 g/mol. The average Bonchev–Trinajstić information content (AvgIpc) is 3.00.